The second-order valence-corrected chi connectivity index (χ2v) is 6.11. The number of amides is 1. The van der Waals surface area contributed by atoms with Crippen molar-refractivity contribution in [2.24, 2.45) is 0 Å². The Labute approximate surface area is 138 Å². The molecule has 0 saturated carbocycles. The lowest BCUT2D eigenvalue weighted by Crippen LogP contribution is -2.32. The van der Waals surface area contributed by atoms with Crippen LogP contribution in [0.25, 0.3) is 0 Å². The molecule has 0 spiro atoms. The average Bonchev–Trinajstić information content (AvgIpc) is 2.56. The molecule has 1 heterocycles. The van der Waals surface area contributed by atoms with Crippen molar-refractivity contribution in [1.82, 2.24) is 20.2 Å². The second-order valence-electron chi connectivity index (χ2n) is 6.11. The highest BCUT2D eigenvalue weighted by molar-refractivity contribution is 5.92. The topological polar surface area (TPSA) is 70.2 Å². The van der Waals surface area contributed by atoms with E-state index in [4.69, 9.17) is 0 Å². The summed E-state index contributed by atoms with van der Waals surface area (Å²) in [6.07, 6.45) is 10.0. The highest BCUT2D eigenvalue weighted by Gasteiger charge is 2.09. The first-order chi connectivity index (χ1) is 11.1. The van der Waals surface area contributed by atoms with Crippen LogP contribution in [-0.2, 0) is 0 Å². The maximum atomic E-state index is 12.0. The van der Waals surface area contributed by atoms with E-state index in [0.717, 1.165) is 19.5 Å². The molecule has 0 saturated heterocycles. The Bertz CT molecular complexity index is 542. The van der Waals surface area contributed by atoms with Crippen LogP contribution < -0.4 is 10.6 Å². The Morgan fingerprint density at radius 3 is 2.91 bits per heavy atom. The van der Waals surface area contributed by atoms with E-state index >= 15 is 0 Å². The zero-order valence-electron chi connectivity index (χ0n) is 14.1. The molecule has 0 atom stereocenters. The van der Waals surface area contributed by atoms with Gasteiger partial charge in [0.15, 0.2) is 0 Å². The first-order valence-corrected chi connectivity index (χ1v) is 8.33. The predicted molar refractivity (Wildman–Crippen MR) is 92.6 cm³/mol. The average molecular weight is 317 g/mol. The van der Waals surface area contributed by atoms with Crippen LogP contribution in [0.5, 0.6) is 0 Å². The molecule has 1 amide bonds. The van der Waals surface area contributed by atoms with E-state index in [-0.39, 0.29) is 5.91 Å². The number of nitrogens with one attached hydrogen (secondary N) is 2. The van der Waals surface area contributed by atoms with Crippen molar-refractivity contribution in [2.45, 2.75) is 32.1 Å². The maximum absolute atomic E-state index is 12.0. The van der Waals surface area contributed by atoms with Gasteiger partial charge in [-0.25, -0.2) is 9.97 Å². The summed E-state index contributed by atoms with van der Waals surface area (Å²) in [6.45, 7) is 2.21. The SMILES string of the molecule is CN(C)CCNC(=O)c1ccnc(NCCC2=CCCCC2)n1. The lowest BCUT2D eigenvalue weighted by Gasteiger charge is -2.13. The quantitative estimate of drug-likeness (QED) is 0.718. The van der Waals surface area contributed by atoms with E-state index in [1.54, 1.807) is 12.3 Å². The van der Waals surface area contributed by atoms with Crippen LogP contribution in [0.15, 0.2) is 23.9 Å². The van der Waals surface area contributed by atoms with Crippen LogP contribution in [0.2, 0.25) is 0 Å². The molecule has 126 valence electrons. The number of rotatable bonds is 8. The van der Waals surface area contributed by atoms with Gasteiger partial charge in [-0.1, -0.05) is 11.6 Å². The van der Waals surface area contributed by atoms with Crippen LogP contribution >= 0.6 is 0 Å². The zero-order valence-corrected chi connectivity index (χ0v) is 14.1. The molecule has 0 bridgehead atoms. The Balaban J connectivity index is 1.79. The summed E-state index contributed by atoms with van der Waals surface area (Å²) in [7, 11) is 3.95. The third-order valence-electron chi connectivity index (χ3n) is 3.85. The second kappa shape index (κ2) is 9.25. The number of nitrogens with zero attached hydrogens (tertiary/aromatic N) is 3. The molecular weight excluding hydrogens is 290 g/mol. The third kappa shape index (κ3) is 6.36. The number of aromatic nitrogens is 2. The predicted octanol–water partition coefficient (Wildman–Crippen LogP) is 2.07. The van der Waals surface area contributed by atoms with Crippen LogP contribution in [0, 0.1) is 0 Å². The van der Waals surface area contributed by atoms with E-state index in [1.165, 1.54) is 31.3 Å². The molecule has 6 heteroatoms. The number of hydrogen-bond acceptors (Lipinski definition) is 5. The summed E-state index contributed by atoms with van der Waals surface area (Å²) in [5, 5.41) is 6.07. The molecule has 0 aliphatic heterocycles. The highest BCUT2D eigenvalue weighted by atomic mass is 16.1. The Morgan fingerprint density at radius 1 is 1.30 bits per heavy atom. The molecule has 0 aromatic carbocycles. The molecule has 1 aliphatic rings. The van der Waals surface area contributed by atoms with Crippen LogP contribution in [0.3, 0.4) is 0 Å². The number of allylic oxidation sites excluding steroid dienone is 1. The summed E-state index contributed by atoms with van der Waals surface area (Å²) in [5.41, 5.74) is 1.92. The van der Waals surface area contributed by atoms with Crippen molar-refractivity contribution >= 4 is 11.9 Å². The van der Waals surface area contributed by atoms with Gasteiger partial charge >= 0.3 is 0 Å². The number of hydrogen-bond donors (Lipinski definition) is 2. The van der Waals surface area contributed by atoms with Gasteiger partial charge in [0.25, 0.3) is 5.91 Å². The van der Waals surface area contributed by atoms with Gasteiger partial charge in [-0.3, -0.25) is 4.79 Å². The van der Waals surface area contributed by atoms with E-state index < -0.39 is 0 Å². The van der Waals surface area contributed by atoms with Gasteiger partial charge in [-0.05, 0) is 52.3 Å². The minimum absolute atomic E-state index is 0.160. The van der Waals surface area contributed by atoms with Gasteiger partial charge in [0.2, 0.25) is 5.95 Å². The number of carbonyl (C=O) groups excluding carboxylic acids is 1. The van der Waals surface area contributed by atoms with E-state index in [0.29, 0.717) is 18.2 Å². The van der Waals surface area contributed by atoms with Gasteiger partial charge in [0.1, 0.15) is 5.69 Å². The lowest BCUT2D eigenvalue weighted by molar-refractivity contribution is 0.0946. The molecule has 2 N–H and O–H groups in total. The Hall–Kier alpha value is -1.95. The maximum Gasteiger partial charge on any atom is 0.270 e. The van der Waals surface area contributed by atoms with Gasteiger partial charge < -0.3 is 15.5 Å². The molecule has 2 rings (SSSR count). The fourth-order valence-corrected chi connectivity index (χ4v) is 2.52. The minimum atomic E-state index is -0.160. The van der Waals surface area contributed by atoms with Crippen LogP contribution in [0.1, 0.15) is 42.6 Å². The first kappa shape index (κ1) is 17.4. The van der Waals surface area contributed by atoms with Crippen LogP contribution in [0.4, 0.5) is 5.95 Å². The molecular formula is C17H27N5O. The van der Waals surface area contributed by atoms with Crippen molar-refractivity contribution in [1.29, 1.82) is 0 Å². The highest BCUT2D eigenvalue weighted by Crippen LogP contribution is 2.19. The first-order valence-electron chi connectivity index (χ1n) is 8.33. The standard InChI is InChI=1S/C17H27N5O/c1-22(2)13-12-18-16(23)15-9-11-20-17(21-15)19-10-8-14-6-4-3-5-7-14/h6,9,11H,3-5,7-8,10,12-13H2,1-2H3,(H,18,23)(H,19,20,21). The number of anilines is 1. The van der Waals surface area contributed by atoms with Crippen molar-refractivity contribution in [3.05, 3.63) is 29.6 Å². The van der Waals surface area contributed by atoms with Crippen molar-refractivity contribution in [2.75, 3.05) is 39.0 Å². The third-order valence-corrected chi connectivity index (χ3v) is 3.85. The largest absolute Gasteiger partial charge is 0.354 e. The van der Waals surface area contributed by atoms with E-state index in [1.807, 2.05) is 19.0 Å². The number of likely N-dealkylation sites (N-methyl/N-ethyl adjacent to an activating group) is 1. The van der Waals surface area contributed by atoms with Gasteiger partial charge in [-0.2, -0.15) is 0 Å². The van der Waals surface area contributed by atoms with Gasteiger partial charge in [0, 0.05) is 25.8 Å². The smallest absolute Gasteiger partial charge is 0.270 e. The van der Waals surface area contributed by atoms with Crippen molar-refractivity contribution < 1.29 is 4.79 Å². The molecule has 0 radical (unpaired) electrons. The van der Waals surface area contributed by atoms with Gasteiger partial charge in [0.05, 0.1) is 0 Å². The van der Waals surface area contributed by atoms with E-state index in [9.17, 15) is 4.79 Å². The molecule has 1 aromatic rings. The molecule has 23 heavy (non-hydrogen) atoms. The van der Waals surface area contributed by atoms with Crippen molar-refractivity contribution in [3.8, 4) is 0 Å². The fourth-order valence-electron chi connectivity index (χ4n) is 2.52. The van der Waals surface area contributed by atoms with E-state index in [2.05, 4.69) is 26.7 Å². The summed E-state index contributed by atoms with van der Waals surface area (Å²) in [6, 6.07) is 1.64. The Morgan fingerprint density at radius 2 is 2.17 bits per heavy atom. The van der Waals surface area contributed by atoms with Gasteiger partial charge in [-0.15, -0.1) is 0 Å². The fraction of sp³-hybridized carbons (Fsp3) is 0.588. The zero-order chi connectivity index (χ0) is 16.5. The summed E-state index contributed by atoms with van der Waals surface area (Å²) < 4.78 is 0. The number of carbonyl (C=O) groups is 1. The summed E-state index contributed by atoms with van der Waals surface area (Å²) >= 11 is 0. The monoisotopic (exact) mass is 317 g/mol. The van der Waals surface area contributed by atoms with Crippen molar-refractivity contribution in [3.63, 3.8) is 0 Å². The molecule has 1 aliphatic carbocycles. The molecule has 1 aromatic heterocycles. The summed E-state index contributed by atoms with van der Waals surface area (Å²) in [4.78, 5) is 22.5. The minimum Gasteiger partial charge on any atom is -0.354 e. The molecule has 0 fully saturated rings. The molecule has 6 nitrogen and oxygen atoms in total. The Kier molecular flexibility index (Phi) is 7.00. The van der Waals surface area contributed by atoms with Crippen LogP contribution in [-0.4, -0.2) is 54.5 Å². The summed E-state index contributed by atoms with van der Waals surface area (Å²) in [5.74, 6) is 0.356. The normalized spacial score (nSPS) is 14.5. The lowest BCUT2D eigenvalue weighted by atomic mass is 9.97. The molecule has 0 unspecified atom stereocenters.